The summed E-state index contributed by atoms with van der Waals surface area (Å²) >= 11 is 0. The van der Waals surface area contributed by atoms with Gasteiger partial charge in [0.1, 0.15) is 11.6 Å². The van der Waals surface area contributed by atoms with Gasteiger partial charge in [-0.15, -0.1) is 0 Å². The molecular weight excluding hydrogens is 250 g/mol. The number of hydrogen-bond donors (Lipinski definition) is 1. The van der Waals surface area contributed by atoms with Gasteiger partial charge in [0.15, 0.2) is 0 Å². The molecule has 1 aromatic rings. The predicted molar refractivity (Wildman–Crippen MR) is 69.1 cm³/mol. The molecule has 1 fully saturated rings. The Morgan fingerprint density at radius 1 is 1.32 bits per heavy atom. The number of piperazine rings is 1. The van der Waals surface area contributed by atoms with E-state index in [9.17, 15) is 13.6 Å². The molecule has 0 atom stereocenters. The van der Waals surface area contributed by atoms with Gasteiger partial charge in [0.2, 0.25) is 0 Å². The number of carbonyl (C=O) groups is 1. The molecule has 1 aliphatic heterocycles. The fourth-order valence-electron chi connectivity index (χ4n) is 2.31. The van der Waals surface area contributed by atoms with Crippen LogP contribution in [0.3, 0.4) is 0 Å². The van der Waals surface area contributed by atoms with Gasteiger partial charge in [0.25, 0.3) is 5.91 Å². The van der Waals surface area contributed by atoms with Crippen LogP contribution in [0.25, 0.3) is 0 Å². The summed E-state index contributed by atoms with van der Waals surface area (Å²) in [5.74, 6) is -1.81. The van der Waals surface area contributed by atoms with Crippen molar-refractivity contribution in [3.63, 3.8) is 0 Å². The van der Waals surface area contributed by atoms with E-state index < -0.39 is 11.6 Å². The first kappa shape index (κ1) is 13.9. The van der Waals surface area contributed by atoms with E-state index in [2.05, 4.69) is 5.32 Å². The summed E-state index contributed by atoms with van der Waals surface area (Å²) < 4.78 is 26.9. The molecule has 0 radical (unpaired) electrons. The zero-order chi connectivity index (χ0) is 14.2. The monoisotopic (exact) mass is 268 g/mol. The highest BCUT2D eigenvalue weighted by Gasteiger charge is 2.30. The zero-order valence-corrected chi connectivity index (χ0v) is 11.4. The summed E-state index contributed by atoms with van der Waals surface area (Å²) in [7, 11) is 0. The number of aryl methyl sites for hydroxylation is 1. The lowest BCUT2D eigenvalue weighted by molar-refractivity contribution is 0.0647. The maximum Gasteiger partial charge on any atom is 0.256 e. The van der Waals surface area contributed by atoms with Crippen molar-refractivity contribution < 1.29 is 13.6 Å². The Bertz CT molecular complexity index is 514. The van der Waals surface area contributed by atoms with E-state index in [1.165, 1.54) is 13.0 Å². The number of carbonyl (C=O) groups excluding carboxylic acids is 1. The van der Waals surface area contributed by atoms with Gasteiger partial charge in [0, 0.05) is 31.2 Å². The minimum absolute atomic E-state index is 0.0587. The molecule has 0 aromatic heterocycles. The topological polar surface area (TPSA) is 32.3 Å². The number of rotatable bonds is 1. The van der Waals surface area contributed by atoms with Gasteiger partial charge in [-0.05, 0) is 32.4 Å². The summed E-state index contributed by atoms with van der Waals surface area (Å²) in [6.07, 6.45) is 0. The van der Waals surface area contributed by atoms with Crippen molar-refractivity contribution >= 4 is 5.91 Å². The molecule has 19 heavy (non-hydrogen) atoms. The number of nitrogens with zero attached hydrogens (tertiary/aromatic N) is 1. The van der Waals surface area contributed by atoms with Crippen molar-refractivity contribution in [2.75, 3.05) is 19.6 Å². The highest BCUT2D eigenvalue weighted by molar-refractivity contribution is 5.94. The first-order chi connectivity index (χ1) is 8.80. The van der Waals surface area contributed by atoms with E-state index in [-0.39, 0.29) is 22.6 Å². The molecule has 0 unspecified atom stereocenters. The quantitative estimate of drug-likeness (QED) is 0.846. The van der Waals surface area contributed by atoms with Crippen LogP contribution in [-0.4, -0.2) is 36.0 Å². The van der Waals surface area contributed by atoms with Gasteiger partial charge >= 0.3 is 0 Å². The first-order valence-electron chi connectivity index (χ1n) is 6.30. The van der Waals surface area contributed by atoms with Crippen LogP contribution < -0.4 is 5.32 Å². The van der Waals surface area contributed by atoms with Gasteiger partial charge in [-0.1, -0.05) is 0 Å². The van der Waals surface area contributed by atoms with E-state index in [0.29, 0.717) is 19.6 Å². The number of halogens is 2. The minimum atomic E-state index is -0.801. The highest BCUT2D eigenvalue weighted by atomic mass is 19.1. The van der Waals surface area contributed by atoms with Gasteiger partial charge in [0.05, 0.1) is 5.56 Å². The molecule has 0 spiro atoms. The van der Waals surface area contributed by atoms with Crippen LogP contribution in [0.1, 0.15) is 29.8 Å². The van der Waals surface area contributed by atoms with Gasteiger partial charge in [-0.2, -0.15) is 0 Å². The maximum absolute atomic E-state index is 13.7. The molecule has 2 rings (SSSR count). The van der Waals surface area contributed by atoms with E-state index >= 15 is 0 Å². The lowest BCUT2D eigenvalue weighted by Crippen LogP contribution is -2.58. The fourth-order valence-corrected chi connectivity index (χ4v) is 2.31. The van der Waals surface area contributed by atoms with Crippen molar-refractivity contribution in [1.29, 1.82) is 0 Å². The van der Waals surface area contributed by atoms with Crippen LogP contribution in [0.15, 0.2) is 12.1 Å². The van der Waals surface area contributed by atoms with E-state index in [1.54, 1.807) is 4.90 Å². The Kier molecular flexibility index (Phi) is 3.58. The zero-order valence-electron chi connectivity index (χ0n) is 11.4. The maximum atomic E-state index is 13.7. The van der Waals surface area contributed by atoms with E-state index in [0.717, 1.165) is 6.07 Å². The molecule has 0 saturated carbocycles. The van der Waals surface area contributed by atoms with Gasteiger partial charge in [-0.25, -0.2) is 8.78 Å². The SMILES string of the molecule is Cc1cc(C(=O)N2CCNC(C)(C)C2)c(F)cc1F. The second-order valence-corrected chi connectivity index (χ2v) is 5.62. The molecule has 3 nitrogen and oxygen atoms in total. The Morgan fingerprint density at radius 2 is 2.00 bits per heavy atom. The smallest absolute Gasteiger partial charge is 0.256 e. The molecule has 1 saturated heterocycles. The van der Waals surface area contributed by atoms with Crippen LogP contribution in [0.5, 0.6) is 0 Å². The lowest BCUT2D eigenvalue weighted by atomic mass is 10.0. The van der Waals surface area contributed by atoms with E-state index in [1.807, 2.05) is 13.8 Å². The Hall–Kier alpha value is -1.49. The number of nitrogens with one attached hydrogen (secondary N) is 1. The standard InChI is InChI=1S/C14H18F2N2O/c1-9-6-10(12(16)7-11(9)15)13(19)18-5-4-17-14(2,3)8-18/h6-7,17H,4-5,8H2,1-3H3. The summed E-state index contributed by atoms with van der Waals surface area (Å²) in [5, 5.41) is 3.28. The van der Waals surface area contributed by atoms with Gasteiger partial charge in [-0.3, -0.25) is 4.79 Å². The van der Waals surface area contributed by atoms with Crippen molar-refractivity contribution in [2.45, 2.75) is 26.3 Å². The molecule has 104 valence electrons. The van der Waals surface area contributed by atoms with Crippen LogP contribution >= 0.6 is 0 Å². The van der Waals surface area contributed by atoms with Crippen LogP contribution in [0.4, 0.5) is 8.78 Å². The van der Waals surface area contributed by atoms with Gasteiger partial charge < -0.3 is 10.2 Å². The van der Waals surface area contributed by atoms with Crippen LogP contribution in [-0.2, 0) is 0 Å². The van der Waals surface area contributed by atoms with Crippen molar-refractivity contribution in [3.8, 4) is 0 Å². The Balaban J connectivity index is 2.27. The second-order valence-electron chi connectivity index (χ2n) is 5.62. The molecule has 1 amide bonds. The van der Waals surface area contributed by atoms with Crippen molar-refractivity contribution in [2.24, 2.45) is 0 Å². The fraction of sp³-hybridized carbons (Fsp3) is 0.500. The second kappa shape index (κ2) is 4.89. The predicted octanol–water partition coefficient (Wildman–Crippen LogP) is 2.10. The highest BCUT2D eigenvalue weighted by Crippen LogP contribution is 2.18. The molecule has 1 N–H and O–H groups in total. The summed E-state index contributed by atoms with van der Waals surface area (Å²) in [6, 6.07) is 2.05. The van der Waals surface area contributed by atoms with Crippen LogP contribution in [0.2, 0.25) is 0 Å². The molecule has 0 bridgehead atoms. The van der Waals surface area contributed by atoms with Crippen molar-refractivity contribution in [1.82, 2.24) is 10.2 Å². The third-order valence-corrected chi connectivity index (χ3v) is 3.34. The normalized spacial score (nSPS) is 18.5. The largest absolute Gasteiger partial charge is 0.335 e. The van der Waals surface area contributed by atoms with Crippen molar-refractivity contribution in [3.05, 3.63) is 34.9 Å². The number of hydrogen-bond acceptors (Lipinski definition) is 2. The molecule has 1 heterocycles. The number of benzene rings is 1. The third kappa shape index (κ3) is 2.92. The summed E-state index contributed by atoms with van der Waals surface area (Å²) in [4.78, 5) is 13.9. The minimum Gasteiger partial charge on any atom is -0.335 e. The molecule has 5 heteroatoms. The molecule has 1 aromatic carbocycles. The molecule has 0 aliphatic carbocycles. The lowest BCUT2D eigenvalue weighted by Gasteiger charge is -2.39. The third-order valence-electron chi connectivity index (χ3n) is 3.34. The summed E-state index contributed by atoms with van der Waals surface area (Å²) in [5.41, 5.74) is 0.0233. The average Bonchev–Trinajstić information content (AvgIpc) is 2.31. The Labute approximate surface area is 111 Å². The molecule has 1 aliphatic rings. The van der Waals surface area contributed by atoms with Crippen LogP contribution in [0, 0.1) is 18.6 Å². The van der Waals surface area contributed by atoms with E-state index in [4.69, 9.17) is 0 Å². The summed E-state index contributed by atoms with van der Waals surface area (Å²) in [6.45, 7) is 7.19. The molecular formula is C14H18F2N2O. The first-order valence-corrected chi connectivity index (χ1v) is 6.30. The number of amides is 1. The Morgan fingerprint density at radius 3 is 2.63 bits per heavy atom. The average molecular weight is 268 g/mol.